The first-order valence-electron chi connectivity index (χ1n) is 8.85. The second-order valence-electron chi connectivity index (χ2n) is 6.43. The molecule has 0 saturated carbocycles. The van der Waals surface area contributed by atoms with Crippen LogP contribution in [0.25, 0.3) is 11.0 Å². The molecular formula is C20H16BrFIN3O3. The van der Waals surface area contributed by atoms with Crippen molar-refractivity contribution in [2.45, 2.75) is 0 Å². The molecule has 0 spiro atoms. The van der Waals surface area contributed by atoms with Gasteiger partial charge < -0.3 is 14.1 Å². The fourth-order valence-corrected chi connectivity index (χ4v) is 4.73. The maximum absolute atomic E-state index is 14.4. The van der Waals surface area contributed by atoms with Gasteiger partial charge in [-0.1, -0.05) is 22.0 Å². The molecule has 9 heteroatoms. The number of halogens is 3. The summed E-state index contributed by atoms with van der Waals surface area (Å²) in [6.45, 7) is 2.50. The van der Waals surface area contributed by atoms with Gasteiger partial charge in [-0.2, -0.15) is 5.10 Å². The molecule has 1 amide bonds. The van der Waals surface area contributed by atoms with E-state index in [1.807, 2.05) is 17.0 Å². The Bertz CT molecular complexity index is 1100. The van der Waals surface area contributed by atoms with Gasteiger partial charge in [-0.25, -0.2) is 9.82 Å². The molecule has 1 aliphatic heterocycles. The van der Waals surface area contributed by atoms with Crippen LogP contribution >= 0.6 is 38.5 Å². The number of benzene rings is 2. The Morgan fingerprint density at radius 1 is 1.24 bits per heavy atom. The maximum Gasteiger partial charge on any atom is 0.307 e. The van der Waals surface area contributed by atoms with Crippen LogP contribution in [0, 0.1) is 9.39 Å². The fraction of sp³-hybridized carbons (Fsp3) is 0.200. The summed E-state index contributed by atoms with van der Waals surface area (Å²) in [5.41, 5.74) is 4.14. The number of carbonyl (C=O) groups excluding carboxylic acids is 1. The predicted octanol–water partition coefficient (Wildman–Crippen LogP) is 4.54. The molecule has 0 radical (unpaired) electrons. The average Bonchev–Trinajstić information content (AvgIpc) is 3.13. The first kappa shape index (κ1) is 20.3. The average molecular weight is 572 g/mol. The Morgan fingerprint density at radius 3 is 2.79 bits per heavy atom. The number of hydrogen-bond donors (Lipinski definition) is 1. The Labute approximate surface area is 188 Å². The molecule has 150 valence electrons. The van der Waals surface area contributed by atoms with E-state index in [4.69, 9.17) is 9.15 Å². The molecule has 1 saturated heterocycles. The number of rotatable bonds is 4. The van der Waals surface area contributed by atoms with Crippen molar-refractivity contribution in [3.05, 3.63) is 61.6 Å². The predicted molar refractivity (Wildman–Crippen MR) is 121 cm³/mol. The largest absolute Gasteiger partial charge is 0.450 e. The molecule has 2 aromatic carbocycles. The standard InChI is InChI=1S/C20H16BrFIN3O3/c21-14-8-13-9-18(29-19(13)16(23)10-14)20(27)25-24-11-12-1-2-17(15(22)7-12)26-3-5-28-6-4-26/h1-2,7-11H,3-6H2,(H,25,27)/b24-11-. The minimum absolute atomic E-state index is 0.155. The van der Waals surface area contributed by atoms with Crippen LogP contribution in [0.5, 0.6) is 0 Å². The maximum atomic E-state index is 14.4. The number of fused-ring (bicyclic) bond motifs is 1. The third-order valence-corrected chi connectivity index (χ3v) is 5.72. The topological polar surface area (TPSA) is 67.1 Å². The van der Waals surface area contributed by atoms with E-state index in [0.29, 0.717) is 43.1 Å². The van der Waals surface area contributed by atoms with E-state index < -0.39 is 5.91 Å². The highest BCUT2D eigenvalue weighted by Crippen LogP contribution is 2.28. The Balaban J connectivity index is 1.44. The molecular weight excluding hydrogens is 556 g/mol. The summed E-state index contributed by atoms with van der Waals surface area (Å²) in [6, 6.07) is 10.3. The molecule has 1 aliphatic rings. The molecule has 0 bridgehead atoms. The highest BCUT2D eigenvalue weighted by Gasteiger charge is 2.16. The summed E-state index contributed by atoms with van der Waals surface area (Å²) in [4.78, 5) is 14.3. The summed E-state index contributed by atoms with van der Waals surface area (Å²) < 4.78 is 27.1. The van der Waals surface area contributed by atoms with Crippen molar-refractivity contribution in [1.82, 2.24) is 5.43 Å². The molecule has 0 unspecified atom stereocenters. The summed E-state index contributed by atoms with van der Waals surface area (Å²) in [5.74, 6) is -0.656. The van der Waals surface area contributed by atoms with Crippen molar-refractivity contribution < 1.29 is 18.3 Å². The van der Waals surface area contributed by atoms with Crippen LogP contribution < -0.4 is 10.3 Å². The molecule has 1 aromatic heterocycles. The van der Waals surface area contributed by atoms with Crippen LogP contribution in [-0.4, -0.2) is 38.4 Å². The number of carbonyl (C=O) groups is 1. The van der Waals surface area contributed by atoms with Gasteiger partial charge in [-0.15, -0.1) is 0 Å². The third kappa shape index (κ3) is 4.62. The number of nitrogens with one attached hydrogen (secondary N) is 1. The van der Waals surface area contributed by atoms with Crippen LogP contribution in [0.3, 0.4) is 0 Å². The molecule has 0 aliphatic carbocycles. The van der Waals surface area contributed by atoms with Crippen LogP contribution in [0.2, 0.25) is 0 Å². The first-order valence-corrected chi connectivity index (χ1v) is 10.7. The Hall–Kier alpha value is -1.98. The molecule has 3 aromatic rings. The summed E-state index contributed by atoms with van der Waals surface area (Å²) >= 11 is 5.57. The lowest BCUT2D eigenvalue weighted by atomic mass is 10.2. The first-order chi connectivity index (χ1) is 14.0. The second-order valence-corrected chi connectivity index (χ2v) is 8.50. The summed E-state index contributed by atoms with van der Waals surface area (Å²) in [6.07, 6.45) is 1.40. The lowest BCUT2D eigenvalue weighted by Gasteiger charge is -2.29. The van der Waals surface area contributed by atoms with Gasteiger partial charge in [-0.3, -0.25) is 4.79 Å². The van der Waals surface area contributed by atoms with Gasteiger partial charge in [0.15, 0.2) is 5.76 Å². The molecule has 0 atom stereocenters. The third-order valence-electron chi connectivity index (χ3n) is 4.46. The number of furan rings is 1. The van der Waals surface area contributed by atoms with E-state index in [9.17, 15) is 9.18 Å². The SMILES string of the molecule is O=C(N/N=C\c1ccc(N2CCOCC2)c(F)c1)c1cc2cc(Br)cc(I)c2o1. The number of hydrazone groups is 1. The normalized spacial score (nSPS) is 14.7. The molecule has 1 fully saturated rings. The Morgan fingerprint density at radius 2 is 2.03 bits per heavy atom. The van der Waals surface area contributed by atoms with Crippen LogP contribution in [-0.2, 0) is 4.74 Å². The minimum Gasteiger partial charge on any atom is -0.450 e. The molecule has 29 heavy (non-hydrogen) atoms. The molecule has 4 rings (SSSR count). The molecule has 1 N–H and O–H groups in total. The minimum atomic E-state index is -0.477. The van der Waals surface area contributed by atoms with Gasteiger partial charge in [0.05, 0.1) is 28.7 Å². The number of ether oxygens (including phenoxy) is 1. The van der Waals surface area contributed by atoms with Crippen LogP contribution in [0.4, 0.5) is 10.1 Å². The summed E-state index contributed by atoms with van der Waals surface area (Å²) in [5, 5.41) is 4.73. The van der Waals surface area contributed by atoms with Crippen molar-refractivity contribution in [3.63, 3.8) is 0 Å². The zero-order valence-electron chi connectivity index (χ0n) is 15.1. The highest BCUT2D eigenvalue weighted by atomic mass is 127. The number of amides is 1. The zero-order valence-corrected chi connectivity index (χ0v) is 18.9. The van der Waals surface area contributed by atoms with Crippen molar-refractivity contribution in [2.75, 3.05) is 31.2 Å². The molecule has 2 heterocycles. The van der Waals surface area contributed by atoms with Gasteiger partial charge in [0.2, 0.25) is 0 Å². The number of nitrogens with zero attached hydrogens (tertiary/aromatic N) is 2. The second kappa shape index (κ2) is 8.80. The van der Waals surface area contributed by atoms with Gasteiger partial charge in [0.25, 0.3) is 0 Å². The van der Waals surface area contributed by atoms with Gasteiger partial charge in [0.1, 0.15) is 11.4 Å². The Kier molecular flexibility index (Phi) is 6.16. The quantitative estimate of drug-likeness (QED) is 0.284. The van der Waals surface area contributed by atoms with E-state index >= 15 is 0 Å². The van der Waals surface area contributed by atoms with E-state index in [1.54, 1.807) is 18.2 Å². The van der Waals surface area contributed by atoms with E-state index in [0.717, 1.165) is 13.4 Å². The number of anilines is 1. The van der Waals surface area contributed by atoms with Gasteiger partial charge in [0, 0.05) is 22.9 Å². The summed E-state index contributed by atoms with van der Waals surface area (Å²) in [7, 11) is 0. The number of hydrogen-bond acceptors (Lipinski definition) is 5. The van der Waals surface area contributed by atoms with Crippen molar-refractivity contribution in [3.8, 4) is 0 Å². The fourth-order valence-electron chi connectivity index (χ4n) is 3.07. The van der Waals surface area contributed by atoms with E-state index in [-0.39, 0.29) is 11.6 Å². The van der Waals surface area contributed by atoms with Crippen molar-refractivity contribution in [2.24, 2.45) is 5.10 Å². The van der Waals surface area contributed by atoms with E-state index in [2.05, 4.69) is 49.0 Å². The van der Waals surface area contributed by atoms with E-state index in [1.165, 1.54) is 12.3 Å². The lowest BCUT2D eigenvalue weighted by molar-refractivity contribution is 0.0929. The van der Waals surface area contributed by atoms with Crippen molar-refractivity contribution >= 4 is 67.3 Å². The van der Waals surface area contributed by atoms with Gasteiger partial charge >= 0.3 is 5.91 Å². The highest BCUT2D eigenvalue weighted by molar-refractivity contribution is 14.1. The van der Waals surface area contributed by atoms with Crippen LogP contribution in [0.1, 0.15) is 16.1 Å². The van der Waals surface area contributed by atoms with Crippen molar-refractivity contribution in [1.29, 1.82) is 0 Å². The monoisotopic (exact) mass is 571 g/mol. The smallest absolute Gasteiger partial charge is 0.307 e. The molecule has 6 nitrogen and oxygen atoms in total. The van der Waals surface area contributed by atoms with Crippen LogP contribution in [0.15, 0.2) is 50.4 Å². The number of morpholine rings is 1. The van der Waals surface area contributed by atoms with Gasteiger partial charge in [-0.05, 0) is 58.5 Å². The lowest BCUT2D eigenvalue weighted by Crippen LogP contribution is -2.36. The zero-order chi connectivity index (χ0) is 20.4.